The summed E-state index contributed by atoms with van der Waals surface area (Å²) in [6.45, 7) is 0. The molecule has 0 saturated heterocycles. The van der Waals surface area contributed by atoms with Crippen molar-refractivity contribution in [3.05, 3.63) is 53.4 Å². The van der Waals surface area contributed by atoms with Crippen molar-refractivity contribution in [2.24, 2.45) is 0 Å². The van der Waals surface area contributed by atoms with Crippen LogP contribution in [0.15, 0.2) is 42.9 Å². The van der Waals surface area contributed by atoms with Crippen molar-refractivity contribution < 1.29 is 13.2 Å². The molecule has 0 bridgehead atoms. The van der Waals surface area contributed by atoms with E-state index >= 15 is 0 Å². The Hall–Kier alpha value is -2.08. The van der Waals surface area contributed by atoms with Gasteiger partial charge in [-0.05, 0) is 24.3 Å². The minimum absolute atomic E-state index is 0.395. The fraction of sp³-hybridized carbons (Fsp3) is 0.0769. The summed E-state index contributed by atoms with van der Waals surface area (Å²) in [6, 6.07) is 5.62. The highest BCUT2D eigenvalue weighted by molar-refractivity contribution is 6.32. The Balaban J connectivity index is 2.14. The third kappa shape index (κ3) is 2.22. The number of alkyl halides is 3. The molecule has 3 nitrogen and oxygen atoms in total. The highest BCUT2D eigenvalue weighted by Gasteiger charge is 2.30. The number of hydrogen-bond donors (Lipinski definition) is 0. The molecule has 0 unspecified atom stereocenters. The summed E-state index contributed by atoms with van der Waals surface area (Å²) >= 11 is 6.00. The number of hydrogen-bond acceptors (Lipinski definition) is 2. The zero-order valence-electron chi connectivity index (χ0n) is 9.89. The molecule has 0 aliphatic rings. The summed E-state index contributed by atoms with van der Waals surface area (Å²) < 4.78 is 39.2. The van der Waals surface area contributed by atoms with Crippen molar-refractivity contribution in [1.29, 1.82) is 0 Å². The van der Waals surface area contributed by atoms with Gasteiger partial charge >= 0.3 is 6.18 Å². The lowest BCUT2D eigenvalue weighted by Gasteiger charge is -2.05. The van der Waals surface area contributed by atoms with Gasteiger partial charge in [-0.3, -0.25) is 4.98 Å². The lowest BCUT2D eigenvalue weighted by atomic mass is 10.3. The van der Waals surface area contributed by atoms with Crippen LogP contribution in [0, 0.1) is 0 Å². The fourth-order valence-electron chi connectivity index (χ4n) is 1.85. The first-order valence-electron chi connectivity index (χ1n) is 5.62. The van der Waals surface area contributed by atoms with Crippen molar-refractivity contribution in [3.63, 3.8) is 0 Å². The zero-order valence-corrected chi connectivity index (χ0v) is 10.7. The van der Waals surface area contributed by atoms with E-state index < -0.39 is 11.7 Å². The average molecular weight is 298 g/mol. The minimum Gasteiger partial charge on any atom is -0.306 e. The summed E-state index contributed by atoms with van der Waals surface area (Å²) in [5.41, 5.74) is 0.525. The Morgan fingerprint density at radius 2 is 1.90 bits per heavy atom. The van der Waals surface area contributed by atoms with Gasteiger partial charge in [0.05, 0.1) is 10.6 Å². The lowest BCUT2D eigenvalue weighted by Crippen LogP contribution is -2.05. The van der Waals surface area contributed by atoms with Crippen molar-refractivity contribution >= 4 is 17.2 Å². The van der Waals surface area contributed by atoms with Crippen molar-refractivity contribution in [3.8, 4) is 11.4 Å². The monoisotopic (exact) mass is 297 g/mol. The summed E-state index contributed by atoms with van der Waals surface area (Å²) in [4.78, 5) is 8.30. The molecule has 0 aliphatic carbocycles. The first-order chi connectivity index (χ1) is 9.45. The van der Waals surface area contributed by atoms with Gasteiger partial charge in [0.1, 0.15) is 17.0 Å². The van der Waals surface area contributed by atoms with Crippen LogP contribution in [-0.4, -0.2) is 14.4 Å². The highest BCUT2D eigenvalue weighted by Crippen LogP contribution is 2.30. The molecule has 7 heteroatoms. The number of aromatic nitrogens is 3. The number of rotatable bonds is 1. The van der Waals surface area contributed by atoms with E-state index in [2.05, 4.69) is 9.97 Å². The van der Waals surface area contributed by atoms with E-state index in [1.54, 1.807) is 18.3 Å². The maximum absolute atomic E-state index is 12.6. The topological polar surface area (TPSA) is 30.2 Å². The number of fused-ring (bicyclic) bond motifs is 1. The molecule has 20 heavy (non-hydrogen) atoms. The number of pyridine rings is 2. The van der Waals surface area contributed by atoms with Crippen LogP contribution in [-0.2, 0) is 6.18 Å². The van der Waals surface area contributed by atoms with Gasteiger partial charge in [-0.15, -0.1) is 0 Å². The summed E-state index contributed by atoms with van der Waals surface area (Å²) in [5.74, 6) is 0. The first kappa shape index (κ1) is 12.9. The molecular formula is C13H7ClF3N3. The molecule has 0 aliphatic heterocycles. The predicted octanol–water partition coefficient (Wildman–Crippen LogP) is 4.07. The lowest BCUT2D eigenvalue weighted by molar-refractivity contribution is -0.137. The van der Waals surface area contributed by atoms with Crippen molar-refractivity contribution in [1.82, 2.24) is 14.4 Å². The van der Waals surface area contributed by atoms with Gasteiger partial charge in [-0.2, -0.15) is 13.2 Å². The van der Waals surface area contributed by atoms with Crippen LogP contribution in [0.1, 0.15) is 5.56 Å². The van der Waals surface area contributed by atoms with E-state index in [0.717, 1.165) is 12.3 Å². The Kier molecular flexibility index (Phi) is 2.90. The molecule has 102 valence electrons. The summed E-state index contributed by atoms with van der Waals surface area (Å²) in [6.07, 6.45) is -0.380. The molecule has 0 saturated carbocycles. The molecule has 3 rings (SSSR count). The second kappa shape index (κ2) is 4.49. The first-order valence-corrected chi connectivity index (χ1v) is 6.00. The standard InChI is InChI=1S/C13H7ClF3N3/c14-9-2-1-5-18-12(9)10-7-20-6-8(13(15,16)17)3-4-11(20)19-10/h1-7H. The maximum atomic E-state index is 12.6. The average Bonchev–Trinajstić information content (AvgIpc) is 2.80. The number of nitrogens with zero attached hydrogens (tertiary/aromatic N) is 3. The van der Waals surface area contributed by atoms with Crippen LogP contribution in [0.5, 0.6) is 0 Å². The van der Waals surface area contributed by atoms with Crippen LogP contribution in [0.3, 0.4) is 0 Å². The van der Waals surface area contributed by atoms with E-state index in [-0.39, 0.29) is 0 Å². The van der Waals surface area contributed by atoms with E-state index in [4.69, 9.17) is 11.6 Å². The summed E-state index contributed by atoms with van der Waals surface area (Å²) in [7, 11) is 0. The maximum Gasteiger partial charge on any atom is 0.417 e. The Bertz CT molecular complexity index is 780. The second-order valence-corrected chi connectivity index (χ2v) is 4.55. The Morgan fingerprint density at radius 3 is 2.60 bits per heavy atom. The summed E-state index contributed by atoms with van der Waals surface area (Å²) in [5, 5.41) is 0.395. The van der Waals surface area contributed by atoms with Gasteiger partial charge in [0.15, 0.2) is 0 Å². The van der Waals surface area contributed by atoms with Crippen LogP contribution in [0.2, 0.25) is 5.02 Å². The Morgan fingerprint density at radius 1 is 1.10 bits per heavy atom. The quantitative estimate of drug-likeness (QED) is 0.678. The largest absolute Gasteiger partial charge is 0.417 e. The third-order valence-corrected chi connectivity index (χ3v) is 3.08. The van der Waals surface area contributed by atoms with E-state index in [1.807, 2.05) is 0 Å². The molecule has 0 amide bonds. The molecule has 0 atom stereocenters. The molecule has 3 aromatic rings. The minimum atomic E-state index is -4.39. The molecule has 0 fully saturated rings. The molecule has 3 aromatic heterocycles. The predicted molar refractivity (Wildman–Crippen MR) is 68.4 cm³/mol. The fourth-order valence-corrected chi connectivity index (χ4v) is 2.07. The number of halogens is 4. The number of imidazole rings is 1. The molecule has 3 heterocycles. The van der Waals surface area contributed by atoms with Gasteiger partial charge in [-0.25, -0.2) is 4.98 Å². The van der Waals surface area contributed by atoms with Gasteiger partial charge in [0.2, 0.25) is 0 Å². The highest BCUT2D eigenvalue weighted by atomic mass is 35.5. The zero-order chi connectivity index (χ0) is 14.3. The van der Waals surface area contributed by atoms with Gasteiger partial charge in [-0.1, -0.05) is 11.6 Å². The molecule has 0 aromatic carbocycles. The van der Waals surface area contributed by atoms with Crippen molar-refractivity contribution in [2.75, 3.05) is 0 Å². The van der Waals surface area contributed by atoms with Gasteiger partial charge < -0.3 is 4.40 Å². The van der Waals surface area contributed by atoms with E-state index in [9.17, 15) is 13.2 Å². The van der Waals surface area contributed by atoms with Gasteiger partial charge in [0, 0.05) is 18.6 Å². The smallest absolute Gasteiger partial charge is 0.306 e. The molecule has 0 radical (unpaired) electrons. The van der Waals surface area contributed by atoms with Gasteiger partial charge in [0.25, 0.3) is 0 Å². The van der Waals surface area contributed by atoms with Crippen LogP contribution in [0.25, 0.3) is 17.0 Å². The Labute approximate surface area is 116 Å². The molecular weight excluding hydrogens is 291 g/mol. The van der Waals surface area contributed by atoms with Crippen LogP contribution < -0.4 is 0 Å². The SMILES string of the molecule is FC(F)(F)c1ccc2nc(-c3ncccc3Cl)cn2c1. The van der Waals surface area contributed by atoms with Crippen LogP contribution in [0.4, 0.5) is 13.2 Å². The van der Waals surface area contributed by atoms with E-state index in [0.29, 0.717) is 22.1 Å². The molecule has 0 N–H and O–H groups in total. The second-order valence-electron chi connectivity index (χ2n) is 4.14. The third-order valence-electron chi connectivity index (χ3n) is 2.78. The van der Waals surface area contributed by atoms with E-state index in [1.165, 1.54) is 16.7 Å². The molecule has 0 spiro atoms. The van der Waals surface area contributed by atoms with Crippen LogP contribution >= 0.6 is 11.6 Å². The van der Waals surface area contributed by atoms with Crippen molar-refractivity contribution in [2.45, 2.75) is 6.18 Å². The normalized spacial score (nSPS) is 12.0.